The molecule has 0 bridgehead atoms. The molecule has 152 valence electrons. The molecule has 4 heteroatoms. The molecule has 5 rings (SSSR count). The van der Waals surface area contributed by atoms with Crippen molar-refractivity contribution in [3.63, 3.8) is 0 Å². The molecule has 0 radical (unpaired) electrons. The van der Waals surface area contributed by atoms with Crippen molar-refractivity contribution in [1.29, 1.82) is 0 Å². The molecular weight excluding hydrogens is 368 g/mol. The molecule has 3 aromatic carbocycles. The maximum Gasteiger partial charge on any atom is 0.0958 e. The van der Waals surface area contributed by atoms with Gasteiger partial charge in [0.15, 0.2) is 0 Å². The SMILES string of the molecule is c1ccc(C(c2ccccc2)N2CCN(CCn3cnc4ccccc43)CC2)cc1. The van der Waals surface area contributed by atoms with Crippen LogP contribution in [-0.2, 0) is 6.54 Å². The highest BCUT2D eigenvalue weighted by Gasteiger charge is 2.26. The Balaban J connectivity index is 1.25. The first-order valence-corrected chi connectivity index (χ1v) is 10.8. The molecule has 4 aromatic rings. The van der Waals surface area contributed by atoms with E-state index in [0.29, 0.717) is 6.04 Å². The summed E-state index contributed by atoms with van der Waals surface area (Å²) in [6, 6.07) is 30.5. The summed E-state index contributed by atoms with van der Waals surface area (Å²) in [4.78, 5) is 9.74. The average Bonchev–Trinajstić information content (AvgIpc) is 3.23. The van der Waals surface area contributed by atoms with E-state index in [9.17, 15) is 0 Å². The molecule has 30 heavy (non-hydrogen) atoms. The van der Waals surface area contributed by atoms with Crippen molar-refractivity contribution in [3.8, 4) is 0 Å². The molecule has 1 aliphatic heterocycles. The monoisotopic (exact) mass is 396 g/mol. The Kier molecular flexibility index (Phi) is 5.60. The van der Waals surface area contributed by atoms with E-state index in [-0.39, 0.29) is 0 Å². The normalized spacial score (nSPS) is 15.8. The van der Waals surface area contributed by atoms with Crippen molar-refractivity contribution >= 4 is 11.0 Å². The molecular formula is C26H28N4. The summed E-state index contributed by atoms with van der Waals surface area (Å²) in [6.45, 7) is 6.42. The topological polar surface area (TPSA) is 24.3 Å². The minimum atomic E-state index is 0.326. The van der Waals surface area contributed by atoms with Gasteiger partial charge >= 0.3 is 0 Å². The van der Waals surface area contributed by atoms with E-state index >= 15 is 0 Å². The van der Waals surface area contributed by atoms with E-state index in [1.54, 1.807) is 0 Å². The maximum absolute atomic E-state index is 4.52. The van der Waals surface area contributed by atoms with Crippen LogP contribution in [0.2, 0.25) is 0 Å². The van der Waals surface area contributed by atoms with E-state index in [1.165, 1.54) is 16.6 Å². The van der Waals surface area contributed by atoms with Gasteiger partial charge in [-0.1, -0.05) is 72.8 Å². The molecule has 1 saturated heterocycles. The van der Waals surface area contributed by atoms with Crippen LogP contribution >= 0.6 is 0 Å². The third-order valence-electron chi connectivity index (χ3n) is 6.19. The van der Waals surface area contributed by atoms with Crippen LogP contribution in [0.25, 0.3) is 11.0 Å². The Morgan fingerprint density at radius 3 is 1.93 bits per heavy atom. The Hall–Kier alpha value is -2.95. The van der Waals surface area contributed by atoms with Crippen molar-refractivity contribution in [2.45, 2.75) is 12.6 Å². The number of fused-ring (bicyclic) bond motifs is 1. The summed E-state index contributed by atoms with van der Waals surface area (Å²) >= 11 is 0. The van der Waals surface area contributed by atoms with Gasteiger partial charge in [0.05, 0.1) is 23.4 Å². The third kappa shape index (κ3) is 4.02. The van der Waals surface area contributed by atoms with E-state index in [2.05, 4.69) is 104 Å². The van der Waals surface area contributed by atoms with Gasteiger partial charge in [0.25, 0.3) is 0 Å². The fourth-order valence-electron chi connectivity index (χ4n) is 4.57. The fourth-order valence-corrected chi connectivity index (χ4v) is 4.57. The van der Waals surface area contributed by atoms with Crippen LogP contribution < -0.4 is 0 Å². The summed E-state index contributed by atoms with van der Waals surface area (Å²) in [7, 11) is 0. The lowest BCUT2D eigenvalue weighted by molar-refractivity contribution is 0.107. The second kappa shape index (κ2) is 8.82. The van der Waals surface area contributed by atoms with Crippen LogP contribution in [0.4, 0.5) is 0 Å². The highest BCUT2D eigenvalue weighted by molar-refractivity contribution is 5.74. The van der Waals surface area contributed by atoms with Gasteiger partial charge in [-0.05, 0) is 23.3 Å². The minimum absolute atomic E-state index is 0.326. The Morgan fingerprint density at radius 2 is 1.27 bits per heavy atom. The lowest BCUT2D eigenvalue weighted by Crippen LogP contribution is -2.48. The van der Waals surface area contributed by atoms with Gasteiger partial charge < -0.3 is 4.57 Å². The fraction of sp³-hybridized carbons (Fsp3) is 0.269. The highest BCUT2D eigenvalue weighted by atomic mass is 15.3. The smallest absolute Gasteiger partial charge is 0.0958 e. The van der Waals surface area contributed by atoms with Crippen LogP contribution in [0.3, 0.4) is 0 Å². The number of benzene rings is 3. The van der Waals surface area contributed by atoms with Gasteiger partial charge in [-0.3, -0.25) is 9.80 Å². The first-order chi connectivity index (χ1) is 14.9. The summed E-state index contributed by atoms with van der Waals surface area (Å²) in [5.74, 6) is 0. The van der Waals surface area contributed by atoms with Crippen LogP contribution in [-0.4, -0.2) is 52.1 Å². The second-order valence-electron chi connectivity index (χ2n) is 8.03. The standard InChI is InChI=1S/C26H28N4/c1-3-9-22(10-4-1)26(23-11-5-2-6-12-23)29-18-15-28(16-19-29)17-20-30-21-27-24-13-7-8-14-25(24)30/h1-14,21,26H,15-20H2. The molecule has 0 amide bonds. The van der Waals surface area contributed by atoms with Gasteiger partial charge in [-0.2, -0.15) is 0 Å². The molecule has 0 atom stereocenters. The third-order valence-corrected chi connectivity index (χ3v) is 6.19. The molecule has 1 aliphatic rings. The Labute approximate surface area is 178 Å². The van der Waals surface area contributed by atoms with E-state index < -0.39 is 0 Å². The molecule has 0 N–H and O–H groups in total. The summed E-state index contributed by atoms with van der Waals surface area (Å²) in [5.41, 5.74) is 5.06. The van der Waals surface area contributed by atoms with Crippen LogP contribution in [0.5, 0.6) is 0 Å². The zero-order chi connectivity index (χ0) is 20.2. The zero-order valence-electron chi connectivity index (χ0n) is 17.3. The number of nitrogens with zero attached hydrogens (tertiary/aromatic N) is 4. The number of imidazole rings is 1. The molecule has 0 saturated carbocycles. The van der Waals surface area contributed by atoms with Gasteiger partial charge in [0.2, 0.25) is 0 Å². The zero-order valence-corrected chi connectivity index (χ0v) is 17.3. The van der Waals surface area contributed by atoms with Crippen molar-refractivity contribution in [3.05, 3.63) is 102 Å². The quantitative estimate of drug-likeness (QED) is 0.481. The maximum atomic E-state index is 4.52. The summed E-state index contributed by atoms with van der Waals surface area (Å²) < 4.78 is 2.28. The van der Waals surface area contributed by atoms with Gasteiger partial charge in [0.1, 0.15) is 0 Å². The van der Waals surface area contributed by atoms with Crippen molar-refractivity contribution < 1.29 is 0 Å². The van der Waals surface area contributed by atoms with E-state index in [1.807, 2.05) is 6.33 Å². The van der Waals surface area contributed by atoms with Crippen molar-refractivity contribution in [2.24, 2.45) is 0 Å². The van der Waals surface area contributed by atoms with Gasteiger partial charge in [-0.15, -0.1) is 0 Å². The Bertz CT molecular complexity index is 1030. The molecule has 1 aromatic heterocycles. The first-order valence-electron chi connectivity index (χ1n) is 10.8. The number of hydrogen-bond donors (Lipinski definition) is 0. The van der Waals surface area contributed by atoms with Crippen molar-refractivity contribution in [1.82, 2.24) is 19.4 Å². The van der Waals surface area contributed by atoms with E-state index in [4.69, 9.17) is 0 Å². The predicted molar refractivity (Wildman–Crippen MR) is 122 cm³/mol. The first kappa shape index (κ1) is 19.0. The molecule has 2 heterocycles. The second-order valence-corrected chi connectivity index (χ2v) is 8.03. The lowest BCUT2D eigenvalue weighted by Gasteiger charge is -2.39. The lowest BCUT2D eigenvalue weighted by atomic mass is 9.96. The van der Waals surface area contributed by atoms with Crippen molar-refractivity contribution in [2.75, 3.05) is 32.7 Å². The van der Waals surface area contributed by atoms with Crippen LogP contribution in [0.15, 0.2) is 91.3 Å². The molecule has 0 aliphatic carbocycles. The van der Waals surface area contributed by atoms with Gasteiger partial charge in [0, 0.05) is 39.3 Å². The highest BCUT2D eigenvalue weighted by Crippen LogP contribution is 2.29. The van der Waals surface area contributed by atoms with E-state index in [0.717, 1.165) is 44.8 Å². The van der Waals surface area contributed by atoms with Crippen LogP contribution in [0.1, 0.15) is 17.2 Å². The minimum Gasteiger partial charge on any atom is -0.329 e. The molecule has 0 unspecified atom stereocenters. The summed E-state index contributed by atoms with van der Waals surface area (Å²) in [5, 5.41) is 0. The van der Waals surface area contributed by atoms with Gasteiger partial charge in [-0.25, -0.2) is 4.98 Å². The number of rotatable bonds is 6. The average molecular weight is 397 g/mol. The molecule has 4 nitrogen and oxygen atoms in total. The molecule has 1 fully saturated rings. The largest absolute Gasteiger partial charge is 0.329 e. The number of hydrogen-bond acceptors (Lipinski definition) is 3. The number of aromatic nitrogens is 2. The molecule has 0 spiro atoms. The van der Waals surface area contributed by atoms with Crippen LogP contribution in [0, 0.1) is 0 Å². The summed E-state index contributed by atoms with van der Waals surface area (Å²) in [6.07, 6.45) is 1.97. The number of piperazine rings is 1. The Morgan fingerprint density at radius 1 is 0.667 bits per heavy atom. The number of para-hydroxylation sites is 2. The predicted octanol–water partition coefficient (Wildman–Crippen LogP) is 4.44.